The number of amides is 1. The summed E-state index contributed by atoms with van der Waals surface area (Å²) >= 11 is 0. The molecule has 0 radical (unpaired) electrons. The molecule has 3 aliphatic heterocycles. The van der Waals surface area contributed by atoms with E-state index in [1.807, 2.05) is 28.9 Å². The van der Waals surface area contributed by atoms with Crippen LogP contribution in [0.1, 0.15) is 29.6 Å². The molecule has 12 nitrogen and oxygen atoms in total. The van der Waals surface area contributed by atoms with E-state index in [2.05, 4.69) is 30.5 Å². The van der Waals surface area contributed by atoms with Gasteiger partial charge in [0.15, 0.2) is 5.82 Å². The number of hydrogen-bond acceptors (Lipinski definition) is 9. The third kappa shape index (κ3) is 4.39. The van der Waals surface area contributed by atoms with Gasteiger partial charge in [-0.05, 0) is 43.5 Å². The van der Waals surface area contributed by atoms with E-state index in [1.54, 1.807) is 35.8 Å². The molecule has 3 saturated heterocycles. The molecule has 6 heterocycles. The van der Waals surface area contributed by atoms with Gasteiger partial charge in [0.25, 0.3) is 5.91 Å². The number of carboxylic acids is 1. The van der Waals surface area contributed by atoms with Gasteiger partial charge in [-0.3, -0.25) is 14.6 Å². The maximum Gasteiger partial charge on any atom is 0.306 e. The first-order chi connectivity index (χ1) is 19.5. The summed E-state index contributed by atoms with van der Waals surface area (Å²) in [4.78, 5) is 42.0. The summed E-state index contributed by atoms with van der Waals surface area (Å²) in [5, 5.41) is 21.9. The fourth-order valence-corrected chi connectivity index (χ4v) is 6.07. The highest BCUT2D eigenvalue weighted by atomic mass is 16.4. The van der Waals surface area contributed by atoms with Crippen LogP contribution in [0.25, 0.3) is 16.6 Å². The van der Waals surface area contributed by atoms with Gasteiger partial charge in [-0.1, -0.05) is 0 Å². The predicted molar refractivity (Wildman–Crippen MR) is 148 cm³/mol. The quantitative estimate of drug-likeness (QED) is 0.334. The SMILES string of the molecule is O=C(O)C1CCN(C(=O)c2ccc3c(Nc4cnccn4)nn(-c4ccnc(N5C[C@@H]6C[C@H]5CN6)c4)c3c2)CC1. The summed E-state index contributed by atoms with van der Waals surface area (Å²) < 4.78 is 1.83. The number of piperidine rings is 1. The molecular weight excluding hydrogens is 510 g/mol. The molecule has 0 unspecified atom stereocenters. The molecule has 3 aromatic heterocycles. The van der Waals surface area contributed by atoms with Crippen molar-refractivity contribution in [2.75, 3.05) is 36.4 Å². The fraction of sp³-hybridized carbons (Fsp3) is 0.357. The van der Waals surface area contributed by atoms with Gasteiger partial charge in [0.1, 0.15) is 11.6 Å². The fourth-order valence-electron chi connectivity index (χ4n) is 6.07. The van der Waals surface area contributed by atoms with Crippen LogP contribution in [0.15, 0.2) is 55.1 Å². The molecule has 3 fully saturated rings. The summed E-state index contributed by atoms with van der Waals surface area (Å²) in [7, 11) is 0. The Balaban J connectivity index is 1.26. The monoisotopic (exact) mass is 539 g/mol. The smallest absolute Gasteiger partial charge is 0.306 e. The van der Waals surface area contributed by atoms with Gasteiger partial charge in [-0.15, -0.1) is 5.10 Å². The molecular formula is C28H29N9O3. The van der Waals surface area contributed by atoms with Crippen LogP contribution in [-0.2, 0) is 4.79 Å². The standard InChI is InChI=1S/C28H29N9O3/c38-27(35-9-4-17(5-10-35)28(39)40)18-1-2-22-23(11-18)37(34-26(22)33-24-15-29-7-8-30-24)20-3-6-31-25(13-20)36-16-19-12-21(36)14-32-19/h1-3,6-8,11,13,15,17,19,21,32H,4-5,9-10,12,14,16H2,(H,39,40)(H,30,33,34)/t19-,21-/m0/s1. The number of fused-ring (bicyclic) bond motifs is 3. The minimum absolute atomic E-state index is 0.113. The van der Waals surface area contributed by atoms with E-state index in [0.29, 0.717) is 55.2 Å². The Morgan fingerprint density at radius 2 is 1.93 bits per heavy atom. The number of anilines is 3. The molecule has 0 spiro atoms. The van der Waals surface area contributed by atoms with Gasteiger partial charge in [0, 0.05) is 73.9 Å². The predicted octanol–water partition coefficient (Wildman–Crippen LogP) is 2.44. The lowest BCUT2D eigenvalue weighted by Gasteiger charge is -2.30. The number of hydrogen-bond donors (Lipinski definition) is 3. The van der Waals surface area contributed by atoms with Crippen molar-refractivity contribution in [1.29, 1.82) is 0 Å². The first-order valence-corrected chi connectivity index (χ1v) is 13.6. The Bertz CT molecular complexity index is 1580. The second kappa shape index (κ2) is 9.87. The van der Waals surface area contributed by atoms with E-state index in [9.17, 15) is 14.7 Å². The molecule has 40 heavy (non-hydrogen) atoms. The zero-order chi connectivity index (χ0) is 27.2. The number of nitrogens with one attached hydrogen (secondary N) is 2. The summed E-state index contributed by atoms with van der Waals surface area (Å²) in [5.74, 6) is 0.761. The van der Waals surface area contributed by atoms with Crippen LogP contribution in [0.2, 0.25) is 0 Å². The third-order valence-corrected chi connectivity index (χ3v) is 8.19. The van der Waals surface area contributed by atoms with E-state index < -0.39 is 11.9 Å². The van der Waals surface area contributed by atoms with Crippen LogP contribution >= 0.6 is 0 Å². The van der Waals surface area contributed by atoms with Crippen LogP contribution in [0.3, 0.4) is 0 Å². The highest BCUT2D eigenvalue weighted by molar-refractivity contribution is 6.01. The Hall–Kier alpha value is -4.58. The lowest BCUT2D eigenvalue weighted by atomic mass is 9.96. The summed E-state index contributed by atoms with van der Waals surface area (Å²) in [5.41, 5.74) is 2.13. The number of carboxylic acid groups (broad SMARTS) is 1. The zero-order valence-corrected chi connectivity index (χ0v) is 21.8. The van der Waals surface area contributed by atoms with Gasteiger partial charge >= 0.3 is 5.97 Å². The molecule has 12 heteroatoms. The average Bonchev–Trinajstić information content (AvgIpc) is 3.72. The molecule has 3 aliphatic rings. The van der Waals surface area contributed by atoms with Crippen molar-refractivity contribution in [3.05, 3.63) is 60.7 Å². The van der Waals surface area contributed by atoms with Crippen molar-refractivity contribution >= 4 is 40.2 Å². The van der Waals surface area contributed by atoms with E-state index in [0.717, 1.165) is 41.9 Å². The van der Waals surface area contributed by atoms with Crippen molar-refractivity contribution in [3.8, 4) is 5.69 Å². The highest BCUT2D eigenvalue weighted by Crippen LogP contribution is 2.32. The number of aromatic nitrogens is 5. The number of piperazine rings is 1. The van der Waals surface area contributed by atoms with Gasteiger partial charge in [0.05, 0.1) is 23.3 Å². The Morgan fingerprint density at radius 3 is 2.65 bits per heavy atom. The van der Waals surface area contributed by atoms with Crippen molar-refractivity contribution in [1.82, 2.24) is 34.9 Å². The van der Waals surface area contributed by atoms with Gasteiger partial charge in [-0.25, -0.2) is 14.6 Å². The van der Waals surface area contributed by atoms with Crippen molar-refractivity contribution in [3.63, 3.8) is 0 Å². The highest BCUT2D eigenvalue weighted by Gasteiger charge is 2.38. The van der Waals surface area contributed by atoms with E-state index in [1.165, 1.54) is 0 Å². The summed E-state index contributed by atoms with van der Waals surface area (Å²) in [6, 6.07) is 10.4. The van der Waals surface area contributed by atoms with Crippen LogP contribution in [0, 0.1) is 5.92 Å². The number of likely N-dealkylation sites (tertiary alicyclic amines) is 1. The molecule has 7 rings (SSSR count). The van der Waals surface area contributed by atoms with E-state index in [4.69, 9.17) is 5.10 Å². The number of benzene rings is 1. The second-order valence-corrected chi connectivity index (χ2v) is 10.6. The molecule has 2 atom stereocenters. The van der Waals surface area contributed by atoms with Crippen LogP contribution in [0.5, 0.6) is 0 Å². The normalized spacial score (nSPS) is 20.8. The summed E-state index contributed by atoms with van der Waals surface area (Å²) in [6.45, 7) is 2.74. The van der Waals surface area contributed by atoms with Crippen LogP contribution < -0.4 is 15.5 Å². The minimum Gasteiger partial charge on any atom is -0.481 e. The summed E-state index contributed by atoms with van der Waals surface area (Å²) in [6.07, 6.45) is 8.69. The number of carbonyl (C=O) groups excluding carboxylic acids is 1. The molecule has 2 bridgehead atoms. The Morgan fingerprint density at radius 1 is 1.05 bits per heavy atom. The molecule has 1 amide bonds. The Labute approximate surface area is 230 Å². The molecule has 3 N–H and O–H groups in total. The average molecular weight is 540 g/mol. The minimum atomic E-state index is -0.796. The number of rotatable bonds is 6. The van der Waals surface area contributed by atoms with Crippen LogP contribution in [0.4, 0.5) is 17.5 Å². The number of nitrogens with zero attached hydrogens (tertiary/aromatic N) is 7. The lowest BCUT2D eigenvalue weighted by molar-refractivity contribution is -0.143. The van der Waals surface area contributed by atoms with Gasteiger partial charge < -0.3 is 25.5 Å². The first kappa shape index (κ1) is 24.5. The van der Waals surface area contributed by atoms with Gasteiger partial charge in [0.2, 0.25) is 0 Å². The lowest BCUT2D eigenvalue weighted by Crippen LogP contribution is -2.44. The van der Waals surface area contributed by atoms with Crippen molar-refractivity contribution < 1.29 is 14.7 Å². The maximum atomic E-state index is 13.5. The first-order valence-electron chi connectivity index (χ1n) is 13.6. The van der Waals surface area contributed by atoms with E-state index >= 15 is 0 Å². The van der Waals surface area contributed by atoms with Crippen molar-refractivity contribution in [2.45, 2.75) is 31.3 Å². The van der Waals surface area contributed by atoms with Crippen molar-refractivity contribution in [2.24, 2.45) is 5.92 Å². The molecule has 0 saturated carbocycles. The maximum absolute atomic E-state index is 13.5. The molecule has 204 valence electrons. The van der Waals surface area contributed by atoms with E-state index in [-0.39, 0.29) is 5.91 Å². The number of carbonyl (C=O) groups is 2. The molecule has 4 aromatic rings. The van der Waals surface area contributed by atoms with Gasteiger partial charge in [-0.2, -0.15) is 0 Å². The second-order valence-electron chi connectivity index (χ2n) is 10.6. The van der Waals surface area contributed by atoms with Crippen LogP contribution in [-0.4, -0.2) is 84.9 Å². The molecule has 0 aliphatic carbocycles. The largest absolute Gasteiger partial charge is 0.481 e. The Kier molecular flexibility index (Phi) is 6.03. The third-order valence-electron chi connectivity index (χ3n) is 8.19. The number of aliphatic carboxylic acids is 1. The topological polar surface area (TPSA) is 141 Å². The zero-order valence-electron chi connectivity index (χ0n) is 21.8. The number of pyridine rings is 1. The molecule has 1 aromatic carbocycles.